The van der Waals surface area contributed by atoms with Crippen molar-refractivity contribution in [3.05, 3.63) is 33.3 Å². The molecule has 5 heteroatoms. The Bertz CT molecular complexity index is 453. The van der Waals surface area contributed by atoms with Gasteiger partial charge in [-0.2, -0.15) is 0 Å². The molecular weight excluding hydrogens is 316 g/mol. The largest absolute Gasteiger partial charge is 0.338 e. The van der Waals surface area contributed by atoms with E-state index in [0.717, 1.165) is 30.5 Å². The summed E-state index contributed by atoms with van der Waals surface area (Å²) in [5.74, 6) is 0.641. The molecule has 1 aliphatic rings. The normalized spacial score (nSPS) is 19.3. The molecule has 0 spiro atoms. The lowest BCUT2D eigenvalue weighted by molar-refractivity contribution is 0.0786. The van der Waals surface area contributed by atoms with Crippen molar-refractivity contribution < 1.29 is 4.79 Å². The fourth-order valence-corrected chi connectivity index (χ4v) is 3.16. The Morgan fingerprint density at radius 2 is 2.39 bits per heavy atom. The standard InChI is InChI=1S/C13H16BrClN2O/c1-16-7-9-4-5-17(8-9)13(18)11-3-2-10(15)6-12(11)14/h2-3,6,9,16H,4-5,7-8H2,1H3. The Morgan fingerprint density at radius 3 is 3.06 bits per heavy atom. The lowest BCUT2D eigenvalue weighted by atomic mass is 10.1. The van der Waals surface area contributed by atoms with E-state index >= 15 is 0 Å². The number of carbonyl (C=O) groups excluding carboxylic acids is 1. The number of benzene rings is 1. The van der Waals surface area contributed by atoms with E-state index in [0.29, 0.717) is 16.5 Å². The van der Waals surface area contributed by atoms with Gasteiger partial charge >= 0.3 is 0 Å². The fraction of sp³-hybridized carbons (Fsp3) is 0.462. The highest BCUT2D eigenvalue weighted by Gasteiger charge is 2.27. The predicted molar refractivity (Wildman–Crippen MR) is 77.1 cm³/mol. The SMILES string of the molecule is CNCC1CCN(C(=O)c2ccc(Cl)cc2Br)C1. The maximum absolute atomic E-state index is 12.4. The lowest BCUT2D eigenvalue weighted by Crippen LogP contribution is -2.30. The average Bonchev–Trinajstić information content (AvgIpc) is 2.77. The predicted octanol–water partition coefficient (Wildman–Crippen LogP) is 2.78. The molecule has 0 saturated carbocycles. The minimum atomic E-state index is 0.0807. The van der Waals surface area contributed by atoms with Crippen LogP contribution < -0.4 is 5.32 Å². The van der Waals surface area contributed by atoms with Crippen molar-refractivity contribution in [3.8, 4) is 0 Å². The first-order chi connectivity index (χ1) is 8.61. The van der Waals surface area contributed by atoms with Crippen molar-refractivity contribution in [1.82, 2.24) is 10.2 Å². The van der Waals surface area contributed by atoms with Gasteiger partial charge in [-0.05, 0) is 60.1 Å². The monoisotopic (exact) mass is 330 g/mol. The van der Waals surface area contributed by atoms with E-state index in [-0.39, 0.29) is 5.91 Å². The Balaban J connectivity index is 2.08. The topological polar surface area (TPSA) is 32.3 Å². The number of likely N-dealkylation sites (tertiary alicyclic amines) is 1. The van der Waals surface area contributed by atoms with Crippen LogP contribution in [0.2, 0.25) is 5.02 Å². The lowest BCUT2D eigenvalue weighted by Gasteiger charge is -2.17. The number of nitrogens with one attached hydrogen (secondary N) is 1. The number of nitrogens with zero attached hydrogens (tertiary/aromatic N) is 1. The van der Waals surface area contributed by atoms with E-state index in [4.69, 9.17) is 11.6 Å². The highest BCUT2D eigenvalue weighted by molar-refractivity contribution is 9.10. The van der Waals surface area contributed by atoms with E-state index < -0.39 is 0 Å². The number of amides is 1. The third-order valence-corrected chi connectivity index (χ3v) is 4.12. The summed E-state index contributed by atoms with van der Waals surface area (Å²) in [4.78, 5) is 14.3. The summed E-state index contributed by atoms with van der Waals surface area (Å²) >= 11 is 9.28. The molecule has 1 saturated heterocycles. The molecule has 1 heterocycles. The van der Waals surface area contributed by atoms with Crippen molar-refractivity contribution in [2.75, 3.05) is 26.7 Å². The third-order valence-electron chi connectivity index (χ3n) is 3.23. The second-order valence-electron chi connectivity index (χ2n) is 4.59. The van der Waals surface area contributed by atoms with Gasteiger partial charge in [-0.3, -0.25) is 4.79 Å². The molecule has 98 valence electrons. The third kappa shape index (κ3) is 3.05. The van der Waals surface area contributed by atoms with Gasteiger partial charge in [0.2, 0.25) is 0 Å². The molecule has 1 unspecified atom stereocenters. The first-order valence-electron chi connectivity index (χ1n) is 6.00. The van der Waals surface area contributed by atoms with Crippen LogP contribution in [-0.4, -0.2) is 37.5 Å². The summed E-state index contributed by atoms with van der Waals surface area (Å²) in [6.07, 6.45) is 1.07. The van der Waals surface area contributed by atoms with E-state index in [2.05, 4.69) is 21.2 Å². The van der Waals surface area contributed by atoms with Gasteiger partial charge in [-0.25, -0.2) is 0 Å². The minimum Gasteiger partial charge on any atom is -0.338 e. The van der Waals surface area contributed by atoms with Crippen molar-refractivity contribution in [2.45, 2.75) is 6.42 Å². The Labute approximate surface area is 121 Å². The summed E-state index contributed by atoms with van der Waals surface area (Å²) in [7, 11) is 1.94. The molecule has 2 rings (SSSR count). The summed E-state index contributed by atoms with van der Waals surface area (Å²) in [5, 5.41) is 3.80. The van der Waals surface area contributed by atoms with Crippen LogP contribution in [0.4, 0.5) is 0 Å². The van der Waals surface area contributed by atoms with Crippen molar-refractivity contribution >= 4 is 33.4 Å². The van der Waals surface area contributed by atoms with Gasteiger partial charge < -0.3 is 10.2 Å². The van der Waals surface area contributed by atoms with Crippen LogP contribution in [0.3, 0.4) is 0 Å². The van der Waals surface area contributed by atoms with Gasteiger partial charge in [0.1, 0.15) is 0 Å². The van der Waals surface area contributed by atoms with Gasteiger partial charge in [0.05, 0.1) is 5.56 Å². The molecule has 1 atom stereocenters. The smallest absolute Gasteiger partial charge is 0.255 e. The fourth-order valence-electron chi connectivity index (χ4n) is 2.31. The van der Waals surface area contributed by atoms with Crippen LogP contribution in [0.25, 0.3) is 0 Å². The van der Waals surface area contributed by atoms with Gasteiger partial charge in [-0.1, -0.05) is 11.6 Å². The zero-order chi connectivity index (χ0) is 13.1. The van der Waals surface area contributed by atoms with Crippen molar-refractivity contribution in [1.29, 1.82) is 0 Å². The maximum Gasteiger partial charge on any atom is 0.255 e. The Morgan fingerprint density at radius 1 is 1.61 bits per heavy atom. The van der Waals surface area contributed by atoms with Gasteiger partial charge in [-0.15, -0.1) is 0 Å². The summed E-state index contributed by atoms with van der Waals surface area (Å²) < 4.78 is 0.761. The van der Waals surface area contributed by atoms with Gasteiger partial charge in [0.15, 0.2) is 0 Å². The molecule has 0 aromatic heterocycles. The summed E-state index contributed by atoms with van der Waals surface area (Å²) in [6.45, 7) is 2.63. The average molecular weight is 332 g/mol. The molecular formula is C13H16BrClN2O. The number of hydrogen-bond donors (Lipinski definition) is 1. The summed E-state index contributed by atoms with van der Waals surface area (Å²) in [6, 6.07) is 5.29. The first-order valence-corrected chi connectivity index (χ1v) is 7.18. The second kappa shape index (κ2) is 6.04. The second-order valence-corrected chi connectivity index (χ2v) is 5.88. The van der Waals surface area contributed by atoms with Gasteiger partial charge in [0, 0.05) is 22.6 Å². The van der Waals surface area contributed by atoms with Gasteiger partial charge in [0.25, 0.3) is 5.91 Å². The molecule has 0 bridgehead atoms. The molecule has 18 heavy (non-hydrogen) atoms. The zero-order valence-corrected chi connectivity index (χ0v) is 12.6. The molecule has 1 N–H and O–H groups in total. The molecule has 1 aromatic carbocycles. The van der Waals surface area contributed by atoms with Crippen molar-refractivity contribution in [3.63, 3.8) is 0 Å². The number of hydrogen-bond acceptors (Lipinski definition) is 2. The van der Waals surface area contributed by atoms with Crippen LogP contribution >= 0.6 is 27.5 Å². The van der Waals surface area contributed by atoms with E-state index in [1.165, 1.54) is 0 Å². The number of halogens is 2. The first kappa shape index (κ1) is 13.8. The minimum absolute atomic E-state index is 0.0807. The Hall–Kier alpha value is -0.580. The number of carbonyl (C=O) groups is 1. The maximum atomic E-state index is 12.4. The molecule has 3 nitrogen and oxygen atoms in total. The highest BCUT2D eigenvalue weighted by atomic mass is 79.9. The number of rotatable bonds is 3. The van der Waals surface area contributed by atoms with Crippen LogP contribution in [0.5, 0.6) is 0 Å². The molecule has 0 aliphatic carbocycles. The van der Waals surface area contributed by atoms with Crippen LogP contribution in [-0.2, 0) is 0 Å². The molecule has 1 fully saturated rings. The Kier molecular flexibility index (Phi) is 4.65. The molecule has 1 amide bonds. The quantitative estimate of drug-likeness (QED) is 0.924. The van der Waals surface area contributed by atoms with Crippen LogP contribution in [0, 0.1) is 5.92 Å². The van der Waals surface area contributed by atoms with Crippen LogP contribution in [0.15, 0.2) is 22.7 Å². The zero-order valence-electron chi connectivity index (χ0n) is 10.2. The highest BCUT2D eigenvalue weighted by Crippen LogP contribution is 2.25. The molecule has 1 aliphatic heterocycles. The van der Waals surface area contributed by atoms with E-state index in [1.807, 2.05) is 11.9 Å². The van der Waals surface area contributed by atoms with Crippen molar-refractivity contribution in [2.24, 2.45) is 5.92 Å². The van der Waals surface area contributed by atoms with Crippen LogP contribution in [0.1, 0.15) is 16.8 Å². The van der Waals surface area contributed by atoms with E-state index in [9.17, 15) is 4.79 Å². The van der Waals surface area contributed by atoms with E-state index in [1.54, 1.807) is 18.2 Å². The molecule has 0 radical (unpaired) electrons. The molecule has 1 aromatic rings. The summed E-state index contributed by atoms with van der Waals surface area (Å²) in [5.41, 5.74) is 0.685.